The van der Waals surface area contributed by atoms with Crippen LogP contribution < -0.4 is 0 Å². The second-order valence-corrected chi connectivity index (χ2v) is 3.04. The Hall–Kier alpha value is -1.18. The molecule has 1 unspecified atom stereocenters. The Morgan fingerprint density at radius 3 is 3.33 bits per heavy atom. The van der Waals surface area contributed by atoms with E-state index >= 15 is 0 Å². The molecule has 0 radical (unpaired) electrons. The molecule has 1 atom stereocenters. The van der Waals surface area contributed by atoms with Crippen LogP contribution >= 0.6 is 0 Å². The third kappa shape index (κ3) is 1.24. The van der Waals surface area contributed by atoms with Gasteiger partial charge in [-0.2, -0.15) is 0 Å². The Balaban J connectivity index is 2.05. The van der Waals surface area contributed by atoms with Gasteiger partial charge < -0.3 is 9.47 Å². The maximum atomic E-state index is 5.31. The molecule has 2 rings (SSSR count). The molecule has 2 aliphatic rings. The lowest BCUT2D eigenvalue weighted by atomic mass is 9.95. The van der Waals surface area contributed by atoms with Crippen LogP contribution in [0, 0.1) is 5.92 Å². The predicted octanol–water partition coefficient (Wildman–Crippen LogP) is 2.35. The van der Waals surface area contributed by atoms with Gasteiger partial charge in [-0.3, -0.25) is 0 Å². The average molecular weight is 164 g/mol. The number of hydrogen-bond acceptors (Lipinski definition) is 2. The summed E-state index contributed by atoms with van der Waals surface area (Å²) >= 11 is 0. The number of rotatable bonds is 2. The van der Waals surface area contributed by atoms with Gasteiger partial charge in [0.2, 0.25) is 6.79 Å². The second-order valence-electron chi connectivity index (χ2n) is 3.04. The summed E-state index contributed by atoms with van der Waals surface area (Å²) in [5.41, 5.74) is 0. The van der Waals surface area contributed by atoms with E-state index in [1.807, 2.05) is 12.2 Å². The minimum Gasteiger partial charge on any atom is -0.458 e. The summed E-state index contributed by atoms with van der Waals surface area (Å²) in [6.07, 6.45) is 8.07. The van der Waals surface area contributed by atoms with Crippen LogP contribution in [0.5, 0.6) is 0 Å². The molecule has 0 N–H and O–H groups in total. The number of allylic oxidation sites excluding steroid dienone is 4. The van der Waals surface area contributed by atoms with Crippen molar-refractivity contribution in [2.45, 2.75) is 12.8 Å². The fraction of sp³-hybridized carbons (Fsp3) is 0.400. The van der Waals surface area contributed by atoms with Crippen molar-refractivity contribution < 1.29 is 9.47 Å². The van der Waals surface area contributed by atoms with Crippen LogP contribution in [-0.2, 0) is 9.47 Å². The monoisotopic (exact) mass is 164 g/mol. The standard InChI is InChI=1S/C10H12O2/c1-2-3-8-4-5-9-10(6-8)12-7-11-9/h2,4-5,8H,1,3,6-7H2. The molecule has 2 nitrogen and oxygen atoms in total. The zero-order valence-corrected chi connectivity index (χ0v) is 6.95. The third-order valence-corrected chi connectivity index (χ3v) is 2.16. The SMILES string of the molecule is C=CCC1C=CC2=C(C1)OCO2. The van der Waals surface area contributed by atoms with Gasteiger partial charge in [0.15, 0.2) is 5.76 Å². The largest absolute Gasteiger partial charge is 0.458 e. The fourth-order valence-electron chi connectivity index (χ4n) is 1.52. The molecule has 12 heavy (non-hydrogen) atoms. The van der Waals surface area contributed by atoms with Gasteiger partial charge in [-0.1, -0.05) is 12.2 Å². The lowest BCUT2D eigenvalue weighted by Gasteiger charge is -2.13. The highest BCUT2D eigenvalue weighted by atomic mass is 16.7. The van der Waals surface area contributed by atoms with Gasteiger partial charge in [-0.15, -0.1) is 6.58 Å². The Morgan fingerprint density at radius 1 is 1.58 bits per heavy atom. The third-order valence-electron chi connectivity index (χ3n) is 2.16. The molecule has 64 valence electrons. The zero-order valence-electron chi connectivity index (χ0n) is 6.95. The van der Waals surface area contributed by atoms with Crippen molar-refractivity contribution in [3.63, 3.8) is 0 Å². The van der Waals surface area contributed by atoms with Crippen LogP contribution in [0.1, 0.15) is 12.8 Å². The molecule has 0 saturated carbocycles. The molecule has 2 heteroatoms. The van der Waals surface area contributed by atoms with Crippen LogP contribution in [0.3, 0.4) is 0 Å². The van der Waals surface area contributed by atoms with E-state index in [0.717, 1.165) is 24.4 Å². The smallest absolute Gasteiger partial charge is 0.230 e. The first-order valence-electron chi connectivity index (χ1n) is 4.18. The van der Waals surface area contributed by atoms with Crippen molar-refractivity contribution in [2.75, 3.05) is 6.79 Å². The molecular weight excluding hydrogens is 152 g/mol. The molecule has 0 amide bonds. The Kier molecular flexibility index (Phi) is 1.90. The minimum atomic E-state index is 0.385. The van der Waals surface area contributed by atoms with Gasteiger partial charge in [-0.05, 0) is 18.4 Å². The van der Waals surface area contributed by atoms with Gasteiger partial charge in [0.25, 0.3) is 0 Å². The maximum absolute atomic E-state index is 5.31. The molecule has 0 aromatic carbocycles. The first-order chi connectivity index (χ1) is 5.90. The summed E-state index contributed by atoms with van der Waals surface area (Å²) in [7, 11) is 0. The molecule has 1 aliphatic carbocycles. The first kappa shape index (κ1) is 7.47. The van der Waals surface area contributed by atoms with Gasteiger partial charge in [-0.25, -0.2) is 0 Å². The number of ether oxygens (including phenoxy) is 2. The van der Waals surface area contributed by atoms with Crippen molar-refractivity contribution in [1.82, 2.24) is 0 Å². The van der Waals surface area contributed by atoms with Crippen LogP contribution in [0.4, 0.5) is 0 Å². The van der Waals surface area contributed by atoms with Crippen molar-refractivity contribution in [3.8, 4) is 0 Å². The molecule has 0 aromatic heterocycles. The van der Waals surface area contributed by atoms with E-state index in [1.165, 1.54) is 0 Å². The molecule has 1 heterocycles. The van der Waals surface area contributed by atoms with E-state index in [1.54, 1.807) is 0 Å². The molecule has 0 spiro atoms. The van der Waals surface area contributed by atoms with Crippen molar-refractivity contribution in [3.05, 3.63) is 36.3 Å². The van der Waals surface area contributed by atoms with Crippen LogP contribution in [0.25, 0.3) is 0 Å². The second kappa shape index (κ2) is 3.05. The van der Waals surface area contributed by atoms with E-state index in [2.05, 4.69) is 12.7 Å². The van der Waals surface area contributed by atoms with E-state index in [9.17, 15) is 0 Å². The highest BCUT2D eigenvalue weighted by Gasteiger charge is 2.22. The van der Waals surface area contributed by atoms with E-state index < -0.39 is 0 Å². The van der Waals surface area contributed by atoms with Crippen LogP contribution in [-0.4, -0.2) is 6.79 Å². The lowest BCUT2D eigenvalue weighted by molar-refractivity contribution is 0.0718. The summed E-state index contributed by atoms with van der Waals surface area (Å²) in [5, 5.41) is 0. The van der Waals surface area contributed by atoms with E-state index in [-0.39, 0.29) is 0 Å². The van der Waals surface area contributed by atoms with Gasteiger partial charge in [0, 0.05) is 6.42 Å². The van der Waals surface area contributed by atoms with Gasteiger partial charge >= 0.3 is 0 Å². The van der Waals surface area contributed by atoms with Crippen molar-refractivity contribution >= 4 is 0 Å². The minimum absolute atomic E-state index is 0.385. The summed E-state index contributed by atoms with van der Waals surface area (Å²) in [6.45, 7) is 4.10. The van der Waals surface area contributed by atoms with Gasteiger partial charge in [0.1, 0.15) is 5.76 Å². The zero-order chi connectivity index (χ0) is 8.39. The maximum Gasteiger partial charge on any atom is 0.230 e. The molecule has 1 aliphatic heterocycles. The van der Waals surface area contributed by atoms with E-state index in [0.29, 0.717) is 12.7 Å². The Labute approximate surface area is 72.2 Å². The summed E-state index contributed by atoms with van der Waals surface area (Å²) in [4.78, 5) is 0. The van der Waals surface area contributed by atoms with Crippen molar-refractivity contribution in [1.29, 1.82) is 0 Å². The Bertz CT molecular complexity index is 251. The summed E-state index contributed by atoms with van der Waals surface area (Å²) < 4.78 is 10.5. The Morgan fingerprint density at radius 2 is 2.50 bits per heavy atom. The average Bonchev–Trinajstić information content (AvgIpc) is 2.51. The van der Waals surface area contributed by atoms with Crippen LogP contribution in [0.2, 0.25) is 0 Å². The summed E-state index contributed by atoms with van der Waals surface area (Å²) in [5.74, 6) is 2.46. The molecule has 0 fully saturated rings. The normalized spacial score (nSPS) is 26.2. The predicted molar refractivity (Wildman–Crippen MR) is 46.1 cm³/mol. The van der Waals surface area contributed by atoms with Crippen LogP contribution in [0.15, 0.2) is 36.3 Å². The molecular formula is C10H12O2. The first-order valence-corrected chi connectivity index (χ1v) is 4.18. The summed E-state index contributed by atoms with van der Waals surface area (Å²) in [6, 6.07) is 0. The van der Waals surface area contributed by atoms with Gasteiger partial charge in [0.05, 0.1) is 0 Å². The number of hydrogen-bond donors (Lipinski definition) is 0. The highest BCUT2D eigenvalue weighted by Crippen LogP contribution is 2.30. The fourth-order valence-corrected chi connectivity index (χ4v) is 1.52. The van der Waals surface area contributed by atoms with E-state index in [4.69, 9.17) is 9.47 Å². The highest BCUT2D eigenvalue weighted by molar-refractivity contribution is 5.24. The molecule has 0 saturated heterocycles. The molecule has 0 bridgehead atoms. The quantitative estimate of drug-likeness (QED) is 0.583. The topological polar surface area (TPSA) is 18.5 Å². The molecule has 0 aromatic rings. The van der Waals surface area contributed by atoms with Crippen molar-refractivity contribution in [2.24, 2.45) is 5.92 Å². The lowest BCUT2D eigenvalue weighted by Crippen LogP contribution is -2.02.